The number of amides is 2. The van der Waals surface area contributed by atoms with Crippen molar-refractivity contribution in [3.8, 4) is 22.5 Å². The number of aromatic nitrogens is 1. The molecule has 2 amide bonds. The second-order valence-electron chi connectivity index (χ2n) is 11.1. The third-order valence-electron chi connectivity index (χ3n) is 6.07. The van der Waals surface area contributed by atoms with Crippen molar-refractivity contribution < 1.29 is 18.7 Å². The van der Waals surface area contributed by atoms with Gasteiger partial charge >= 0.3 is 6.09 Å². The molecular weight excluding hydrogens is 478 g/mol. The molecule has 0 unspecified atom stereocenters. The van der Waals surface area contributed by atoms with Crippen molar-refractivity contribution in [2.45, 2.75) is 60.1 Å². The van der Waals surface area contributed by atoms with E-state index in [1.807, 2.05) is 45.9 Å². The number of alkyl carbamates (subject to hydrolysis) is 1. The summed E-state index contributed by atoms with van der Waals surface area (Å²) in [5.41, 5.74) is 11.4. The van der Waals surface area contributed by atoms with Gasteiger partial charge in [0.15, 0.2) is 5.76 Å². The van der Waals surface area contributed by atoms with Crippen molar-refractivity contribution in [3.63, 3.8) is 0 Å². The quantitative estimate of drug-likeness (QED) is 0.283. The van der Waals surface area contributed by atoms with Crippen LogP contribution in [-0.4, -0.2) is 22.5 Å². The Hall–Kier alpha value is -4.13. The highest BCUT2D eigenvalue weighted by molar-refractivity contribution is 5.99. The first-order valence-electron chi connectivity index (χ1n) is 12.8. The zero-order valence-corrected chi connectivity index (χ0v) is 22.8. The Labute approximate surface area is 223 Å². The fraction of sp³-hybridized carbons (Fsp3) is 0.323. The summed E-state index contributed by atoms with van der Waals surface area (Å²) >= 11 is 0. The summed E-state index contributed by atoms with van der Waals surface area (Å²) < 4.78 is 11.4. The third-order valence-corrected chi connectivity index (χ3v) is 6.07. The maximum absolute atomic E-state index is 12.6. The molecule has 0 aliphatic carbocycles. The van der Waals surface area contributed by atoms with E-state index < -0.39 is 17.5 Å². The third kappa shape index (κ3) is 6.22. The van der Waals surface area contributed by atoms with Crippen LogP contribution in [0.25, 0.3) is 33.4 Å². The fourth-order valence-corrected chi connectivity index (χ4v) is 4.37. The van der Waals surface area contributed by atoms with Crippen LogP contribution in [0.1, 0.15) is 62.0 Å². The molecule has 0 fully saturated rings. The van der Waals surface area contributed by atoms with Gasteiger partial charge in [-0.1, -0.05) is 43.7 Å². The summed E-state index contributed by atoms with van der Waals surface area (Å²) in [7, 11) is 0. The number of carbonyl (C=O) groups excluding carboxylic acids is 2. The Morgan fingerprint density at radius 3 is 2.32 bits per heavy atom. The molecule has 0 spiro atoms. The summed E-state index contributed by atoms with van der Waals surface area (Å²) in [6.07, 6.45) is 0.252. The first-order chi connectivity index (χ1) is 17.9. The maximum atomic E-state index is 12.6. The molecule has 2 heterocycles. The molecule has 0 saturated carbocycles. The molecule has 0 saturated heterocycles. The molecule has 38 heavy (non-hydrogen) atoms. The molecular formula is C31H35N3O4. The van der Waals surface area contributed by atoms with Crippen LogP contribution in [0.2, 0.25) is 0 Å². The predicted molar refractivity (Wildman–Crippen MR) is 150 cm³/mol. The van der Waals surface area contributed by atoms with Gasteiger partial charge in [-0.25, -0.2) is 4.79 Å². The summed E-state index contributed by atoms with van der Waals surface area (Å²) in [4.78, 5) is 29.2. The van der Waals surface area contributed by atoms with Crippen molar-refractivity contribution in [1.29, 1.82) is 0 Å². The van der Waals surface area contributed by atoms with Crippen molar-refractivity contribution in [1.82, 2.24) is 10.3 Å². The molecule has 0 atom stereocenters. The van der Waals surface area contributed by atoms with Gasteiger partial charge in [0.25, 0.3) is 5.91 Å². The van der Waals surface area contributed by atoms with E-state index in [0.29, 0.717) is 11.7 Å². The highest BCUT2D eigenvalue weighted by atomic mass is 16.5. The van der Waals surface area contributed by atoms with Gasteiger partial charge in [0.1, 0.15) is 12.4 Å². The first-order valence-corrected chi connectivity index (χ1v) is 12.8. The smallest absolute Gasteiger partial charge is 0.407 e. The molecule has 0 aliphatic rings. The number of primary amides is 1. The molecule has 3 N–H and O–H groups in total. The Balaban J connectivity index is 1.92. The Morgan fingerprint density at radius 1 is 1.03 bits per heavy atom. The molecule has 7 heteroatoms. The Morgan fingerprint density at radius 2 is 1.71 bits per heavy atom. The van der Waals surface area contributed by atoms with E-state index in [1.54, 1.807) is 12.1 Å². The standard InChI is InChI=1S/C31H35N3O4/c1-18(2)15-25-23(17-37-30(36)34-31(4,5)6)28(20-9-7-19(3)8-10-20)22-16-21(11-12-24(22)33-25)26-13-14-27(38-26)29(32)35/h7-14,16,18H,15,17H2,1-6H3,(H2,32,35)(H,34,36). The summed E-state index contributed by atoms with van der Waals surface area (Å²) in [6.45, 7) is 12.1. The zero-order valence-electron chi connectivity index (χ0n) is 22.8. The highest BCUT2D eigenvalue weighted by Gasteiger charge is 2.21. The maximum Gasteiger partial charge on any atom is 0.407 e. The van der Waals surface area contributed by atoms with Gasteiger partial charge in [-0.05, 0) is 81.5 Å². The lowest BCUT2D eigenvalue weighted by Gasteiger charge is -2.22. The van der Waals surface area contributed by atoms with Crippen LogP contribution in [0.3, 0.4) is 0 Å². The minimum absolute atomic E-state index is 0.0763. The number of rotatable bonds is 7. The lowest BCUT2D eigenvalue weighted by Crippen LogP contribution is -2.40. The van der Waals surface area contributed by atoms with E-state index in [0.717, 1.165) is 50.8 Å². The van der Waals surface area contributed by atoms with Gasteiger partial charge in [-0.15, -0.1) is 0 Å². The van der Waals surface area contributed by atoms with Gasteiger partial charge in [-0.3, -0.25) is 9.78 Å². The van der Waals surface area contributed by atoms with Crippen molar-refractivity contribution in [3.05, 3.63) is 77.2 Å². The average molecular weight is 514 g/mol. The molecule has 198 valence electrons. The number of nitrogens with zero attached hydrogens (tertiary/aromatic N) is 1. The van der Waals surface area contributed by atoms with E-state index in [1.165, 1.54) is 0 Å². The van der Waals surface area contributed by atoms with E-state index in [4.69, 9.17) is 19.9 Å². The Kier molecular flexibility index (Phi) is 7.58. The van der Waals surface area contributed by atoms with Gasteiger partial charge < -0.3 is 20.2 Å². The number of pyridine rings is 1. The summed E-state index contributed by atoms with van der Waals surface area (Å²) in [5, 5.41) is 3.76. The number of nitrogens with one attached hydrogen (secondary N) is 1. The SMILES string of the molecule is Cc1ccc(-c2c(COC(=O)NC(C)(C)C)c(CC(C)C)nc3ccc(-c4ccc(C(N)=O)o4)cc23)cc1. The molecule has 0 aliphatic heterocycles. The number of hydrogen-bond acceptors (Lipinski definition) is 5. The lowest BCUT2D eigenvalue weighted by molar-refractivity contribution is 0.0974. The van der Waals surface area contributed by atoms with Gasteiger partial charge in [-0.2, -0.15) is 0 Å². The van der Waals surface area contributed by atoms with E-state index in [9.17, 15) is 9.59 Å². The summed E-state index contributed by atoms with van der Waals surface area (Å²) in [6, 6.07) is 17.5. The van der Waals surface area contributed by atoms with E-state index >= 15 is 0 Å². The molecule has 7 nitrogen and oxygen atoms in total. The molecule has 0 bridgehead atoms. The number of fused-ring (bicyclic) bond motifs is 1. The number of ether oxygens (including phenoxy) is 1. The van der Waals surface area contributed by atoms with Crippen molar-refractivity contribution in [2.75, 3.05) is 0 Å². The zero-order chi connectivity index (χ0) is 27.6. The van der Waals surface area contributed by atoms with Gasteiger partial charge in [0.2, 0.25) is 0 Å². The topological polar surface area (TPSA) is 107 Å². The largest absolute Gasteiger partial charge is 0.451 e. The normalized spacial score (nSPS) is 11.7. The van der Waals surface area contributed by atoms with Crippen LogP contribution in [0.5, 0.6) is 0 Å². The minimum atomic E-state index is -0.620. The molecule has 2 aromatic carbocycles. The monoisotopic (exact) mass is 513 g/mol. The number of furan rings is 1. The fourth-order valence-electron chi connectivity index (χ4n) is 4.37. The lowest BCUT2D eigenvalue weighted by atomic mass is 9.90. The van der Waals surface area contributed by atoms with Crippen LogP contribution in [0, 0.1) is 12.8 Å². The number of benzene rings is 2. The van der Waals surface area contributed by atoms with Crippen LogP contribution in [0.15, 0.2) is 59.0 Å². The van der Waals surface area contributed by atoms with Crippen LogP contribution in [0.4, 0.5) is 4.79 Å². The van der Waals surface area contributed by atoms with Crippen LogP contribution in [-0.2, 0) is 17.8 Å². The molecule has 4 rings (SSSR count). The predicted octanol–water partition coefficient (Wildman–Crippen LogP) is 6.79. The Bertz CT molecular complexity index is 1480. The molecule has 2 aromatic heterocycles. The second kappa shape index (κ2) is 10.7. The number of nitrogens with two attached hydrogens (primary N) is 1. The van der Waals surface area contributed by atoms with E-state index in [-0.39, 0.29) is 12.4 Å². The van der Waals surface area contributed by atoms with Crippen LogP contribution >= 0.6 is 0 Å². The number of hydrogen-bond donors (Lipinski definition) is 2. The second-order valence-corrected chi connectivity index (χ2v) is 11.1. The highest BCUT2D eigenvalue weighted by Crippen LogP contribution is 2.37. The number of carbonyl (C=O) groups is 2. The number of aryl methyl sites for hydroxylation is 1. The first kappa shape index (κ1) is 26.9. The van der Waals surface area contributed by atoms with E-state index in [2.05, 4.69) is 43.4 Å². The molecule has 0 radical (unpaired) electrons. The average Bonchev–Trinajstić information content (AvgIpc) is 3.32. The van der Waals surface area contributed by atoms with Crippen molar-refractivity contribution >= 4 is 22.9 Å². The molecule has 4 aromatic rings. The minimum Gasteiger partial charge on any atom is -0.451 e. The summed E-state index contributed by atoms with van der Waals surface area (Å²) in [5.74, 6) is 0.361. The van der Waals surface area contributed by atoms with Gasteiger partial charge in [0, 0.05) is 27.7 Å². The van der Waals surface area contributed by atoms with Gasteiger partial charge in [0.05, 0.1) is 5.52 Å². The van der Waals surface area contributed by atoms with Crippen LogP contribution < -0.4 is 11.1 Å². The van der Waals surface area contributed by atoms with Crippen molar-refractivity contribution in [2.24, 2.45) is 11.7 Å².